The Hall–Kier alpha value is -1.52. The number of aromatic nitrogens is 2. The van der Waals surface area contributed by atoms with Crippen molar-refractivity contribution in [1.29, 1.82) is 0 Å². The highest BCUT2D eigenvalue weighted by atomic mass is 127. The van der Waals surface area contributed by atoms with Crippen molar-refractivity contribution in [2.45, 2.75) is 20.4 Å². The van der Waals surface area contributed by atoms with Crippen molar-refractivity contribution >= 4 is 36.0 Å². The van der Waals surface area contributed by atoms with E-state index in [0.717, 1.165) is 31.2 Å². The van der Waals surface area contributed by atoms with Crippen LogP contribution in [0.1, 0.15) is 19.4 Å². The number of piperazine rings is 1. The average molecular weight is 450 g/mol. The van der Waals surface area contributed by atoms with Gasteiger partial charge in [-0.1, -0.05) is 0 Å². The van der Waals surface area contributed by atoms with E-state index in [9.17, 15) is 4.79 Å². The third-order valence-electron chi connectivity index (χ3n) is 3.61. The van der Waals surface area contributed by atoms with Crippen LogP contribution in [0.15, 0.2) is 17.4 Å². The molecule has 1 fully saturated rings. The number of amides is 1. The first-order chi connectivity index (χ1) is 11.1. The van der Waals surface area contributed by atoms with Crippen molar-refractivity contribution in [2.75, 3.05) is 39.3 Å². The van der Waals surface area contributed by atoms with Gasteiger partial charge in [0.2, 0.25) is 0 Å². The second kappa shape index (κ2) is 10.4. The van der Waals surface area contributed by atoms with Crippen LogP contribution in [0.4, 0.5) is 4.79 Å². The van der Waals surface area contributed by atoms with E-state index in [-0.39, 0.29) is 30.1 Å². The largest absolute Gasteiger partial charge is 0.450 e. The molecule has 0 aromatic carbocycles. The van der Waals surface area contributed by atoms with Crippen LogP contribution in [0.2, 0.25) is 0 Å². The molecule has 2 rings (SSSR count). The molecule has 0 spiro atoms. The highest BCUT2D eigenvalue weighted by molar-refractivity contribution is 14.0. The van der Waals surface area contributed by atoms with Crippen molar-refractivity contribution in [3.8, 4) is 0 Å². The number of ether oxygens (including phenoxy) is 1. The van der Waals surface area contributed by atoms with Gasteiger partial charge >= 0.3 is 6.09 Å². The molecule has 1 aromatic heterocycles. The Morgan fingerprint density at radius 2 is 1.96 bits per heavy atom. The van der Waals surface area contributed by atoms with Crippen LogP contribution in [0, 0.1) is 0 Å². The summed E-state index contributed by atoms with van der Waals surface area (Å²) >= 11 is 0. The molecule has 9 heteroatoms. The summed E-state index contributed by atoms with van der Waals surface area (Å²) in [5.74, 6) is 0.875. The Morgan fingerprint density at radius 3 is 2.50 bits per heavy atom. The van der Waals surface area contributed by atoms with Crippen molar-refractivity contribution in [1.82, 2.24) is 24.9 Å². The van der Waals surface area contributed by atoms with Crippen LogP contribution in [0.25, 0.3) is 0 Å². The summed E-state index contributed by atoms with van der Waals surface area (Å²) in [4.78, 5) is 20.3. The first-order valence-corrected chi connectivity index (χ1v) is 8.06. The number of rotatable bonds is 4. The summed E-state index contributed by atoms with van der Waals surface area (Å²) in [6.07, 6.45) is 3.56. The molecule has 24 heavy (non-hydrogen) atoms. The van der Waals surface area contributed by atoms with Gasteiger partial charge in [-0.3, -0.25) is 4.68 Å². The van der Waals surface area contributed by atoms with E-state index in [1.54, 1.807) is 9.58 Å². The number of carbonyl (C=O) groups is 1. The molecular formula is C15H27IN6O2. The highest BCUT2D eigenvalue weighted by Gasteiger charge is 2.23. The number of hydrogen-bond acceptors (Lipinski definition) is 4. The first kappa shape index (κ1) is 20.5. The fraction of sp³-hybridized carbons (Fsp3) is 0.667. The third-order valence-corrected chi connectivity index (χ3v) is 3.61. The quantitative estimate of drug-likeness (QED) is 0.425. The molecule has 2 heterocycles. The van der Waals surface area contributed by atoms with Crippen LogP contribution in [0.3, 0.4) is 0 Å². The van der Waals surface area contributed by atoms with Gasteiger partial charge in [-0.25, -0.2) is 9.79 Å². The molecule has 1 aliphatic rings. The number of halogens is 1. The van der Waals surface area contributed by atoms with Crippen LogP contribution < -0.4 is 5.32 Å². The Bertz CT molecular complexity index is 540. The van der Waals surface area contributed by atoms with Gasteiger partial charge in [-0.05, 0) is 13.8 Å². The molecule has 0 aliphatic carbocycles. The van der Waals surface area contributed by atoms with Crippen LogP contribution in [-0.2, 0) is 18.3 Å². The van der Waals surface area contributed by atoms with Gasteiger partial charge in [0.1, 0.15) is 0 Å². The predicted octanol–water partition coefficient (Wildman–Crippen LogP) is 1.28. The molecule has 136 valence electrons. The van der Waals surface area contributed by atoms with E-state index in [2.05, 4.69) is 27.2 Å². The molecule has 1 amide bonds. The Labute approximate surface area is 160 Å². The number of nitrogens with zero attached hydrogens (tertiary/aromatic N) is 5. The van der Waals surface area contributed by atoms with E-state index in [1.165, 1.54) is 0 Å². The number of aryl methyl sites for hydroxylation is 1. The number of nitrogens with one attached hydrogen (secondary N) is 1. The monoisotopic (exact) mass is 450 g/mol. The van der Waals surface area contributed by atoms with Crippen molar-refractivity contribution in [3.63, 3.8) is 0 Å². The van der Waals surface area contributed by atoms with E-state index in [0.29, 0.717) is 26.2 Å². The van der Waals surface area contributed by atoms with Gasteiger partial charge in [0.15, 0.2) is 5.96 Å². The zero-order valence-corrected chi connectivity index (χ0v) is 16.9. The molecule has 1 N–H and O–H groups in total. The van der Waals surface area contributed by atoms with Crippen LogP contribution in [0.5, 0.6) is 0 Å². The van der Waals surface area contributed by atoms with E-state index in [4.69, 9.17) is 4.74 Å². The summed E-state index contributed by atoms with van der Waals surface area (Å²) in [6.45, 7) is 8.48. The Balaban J connectivity index is 0.00000288. The van der Waals surface area contributed by atoms with Crippen molar-refractivity contribution < 1.29 is 9.53 Å². The maximum Gasteiger partial charge on any atom is 0.409 e. The third kappa shape index (κ3) is 5.84. The Morgan fingerprint density at radius 1 is 1.29 bits per heavy atom. The lowest BCUT2D eigenvalue weighted by molar-refractivity contribution is 0.0914. The minimum absolute atomic E-state index is 0. The molecule has 0 unspecified atom stereocenters. The summed E-state index contributed by atoms with van der Waals surface area (Å²) in [5.41, 5.74) is 1.08. The molecular weight excluding hydrogens is 423 g/mol. The lowest BCUT2D eigenvalue weighted by Gasteiger charge is -2.35. The average Bonchev–Trinajstić information content (AvgIpc) is 2.97. The fourth-order valence-electron chi connectivity index (χ4n) is 2.46. The molecule has 1 aliphatic heterocycles. The van der Waals surface area contributed by atoms with Gasteiger partial charge in [0.05, 0.1) is 19.3 Å². The number of guanidine groups is 1. The van der Waals surface area contributed by atoms with Crippen molar-refractivity contribution in [3.05, 3.63) is 18.0 Å². The van der Waals surface area contributed by atoms with E-state index >= 15 is 0 Å². The first-order valence-electron chi connectivity index (χ1n) is 8.06. The maximum atomic E-state index is 11.7. The smallest absolute Gasteiger partial charge is 0.409 e. The maximum absolute atomic E-state index is 11.7. The standard InChI is InChI=1S/C15H26N6O2.HI/c1-4-16-14(17-10-13-11-18-19(3)12-13)20-6-8-21(9-7-20)15(22)23-5-2;/h11-12H,4-10H2,1-3H3,(H,16,17);1H. The molecule has 8 nitrogen and oxygen atoms in total. The van der Waals surface area contributed by atoms with Gasteiger partial charge < -0.3 is 19.9 Å². The van der Waals surface area contributed by atoms with E-state index in [1.807, 2.05) is 26.4 Å². The van der Waals surface area contributed by atoms with E-state index < -0.39 is 0 Å². The second-order valence-corrected chi connectivity index (χ2v) is 5.37. The summed E-state index contributed by atoms with van der Waals surface area (Å²) < 4.78 is 6.82. The van der Waals surface area contributed by atoms with Gasteiger partial charge in [-0.2, -0.15) is 5.10 Å². The number of aliphatic imine (C=N–C) groups is 1. The number of carbonyl (C=O) groups excluding carboxylic acids is 1. The fourth-order valence-corrected chi connectivity index (χ4v) is 2.46. The minimum Gasteiger partial charge on any atom is -0.450 e. The predicted molar refractivity (Wildman–Crippen MR) is 104 cm³/mol. The zero-order valence-electron chi connectivity index (χ0n) is 14.6. The highest BCUT2D eigenvalue weighted by Crippen LogP contribution is 2.06. The molecule has 0 saturated carbocycles. The normalized spacial score (nSPS) is 15.0. The zero-order chi connectivity index (χ0) is 16.7. The van der Waals surface area contributed by atoms with Gasteiger partial charge in [-0.15, -0.1) is 24.0 Å². The molecule has 1 aromatic rings. The van der Waals surface area contributed by atoms with Gasteiger partial charge in [0, 0.05) is 51.5 Å². The lowest BCUT2D eigenvalue weighted by Crippen LogP contribution is -2.53. The summed E-state index contributed by atoms with van der Waals surface area (Å²) in [7, 11) is 1.90. The van der Waals surface area contributed by atoms with Gasteiger partial charge in [0.25, 0.3) is 0 Å². The van der Waals surface area contributed by atoms with Crippen LogP contribution in [-0.4, -0.2) is 71.0 Å². The summed E-state index contributed by atoms with van der Waals surface area (Å²) in [6, 6.07) is 0. The topological polar surface area (TPSA) is 75.0 Å². The second-order valence-electron chi connectivity index (χ2n) is 5.37. The number of hydrogen-bond donors (Lipinski definition) is 1. The Kier molecular flexibility index (Phi) is 8.87. The molecule has 0 radical (unpaired) electrons. The molecule has 0 atom stereocenters. The SMILES string of the molecule is CCNC(=NCc1cnn(C)c1)N1CCN(C(=O)OCC)CC1.I. The van der Waals surface area contributed by atoms with Crippen molar-refractivity contribution in [2.24, 2.45) is 12.0 Å². The molecule has 1 saturated heterocycles. The lowest BCUT2D eigenvalue weighted by atomic mass is 10.3. The van der Waals surface area contributed by atoms with Crippen LogP contribution >= 0.6 is 24.0 Å². The summed E-state index contributed by atoms with van der Waals surface area (Å²) in [5, 5.41) is 7.47. The minimum atomic E-state index is -0.232. The molecule has 0 bridgehead atoms.